The average Bonchev–Trinajstić information content (AvgIpc) is 1.94. The molecule has 2 heteroatoms. The van der Waals surface area contributed by atoms with Crippen LogP contribution in [-0.2, 0) is 0 Å². The molecule has 0 bridgehead atoms. The van der Waals surface area contributed by atoms with E-state index in [2.05, 4.69) is 35.0 Å². The second-order valence-electron chi connectivity index (χ2n) is 2.35. The number of halogens is 2. The average molecular weight is 222 g/mol. The second-order valence-corrected chi connectivity index (χ2v) is 3.93. The van der Waals surface area contributed by atoms with E-state index in [1.165, 1.54) is 5.57 Å². The van der Waals surface area contributed by atoms with Crippen LogP contribution in [0.5, 0.6) is 0 Å². The van der Waals surface area contributed by atoms with Crippen LogP contribution >= 0.6 is 27.5 Å². The Hall–Kier alpha value is 0.250. The monoisotopic (exact) mass is 220 g/mol. The summed E-state index contributed by atoms with van der Waals surface area (Å²) in [4.78, 5) is 0.491. The fourth-order valence-electron chi connectivity index (χ4n) is 1.000. The minimum absolute atomic E-state index is 0.491. The van der Waals surface area contributed by atoms with Crippen LogP contribution in [0, 0.1) is 0 Å². The van der Waals surface area contributed by atoms with E-state index >= 15 is 0 Å². The molecule has 0 saturated heterocycles. The van der Waals surface area contributed by atoms with Gasteiger partial charge in [0.15, 0.2) is 0 Å². The lowest BCUT2D eigenvalue weighted by molar-refractivity contribution is 1.00. The molecule has 1 aliphatic carbocycles. The Bertz CT molecular complexity index is 182. The van der Waals surface area contributed by atoms with Gasteiger partial charge in [-0.15, -0.1) is 0 Å². The van der Waals surface area contributed by atoms with Gasteiger partial charge in [-0.1, -0.05) is 46.6 Å². The zero-order valence-electron chi connectivity index (χ0n) is 5.90. The molecule has 0 amide bonds. The standard InChI is InChI=1S/C8H10BrCl/c1-2-6-5-7(9)3-4-8(6)10/h4-5,7H,2-3H2,1H3/t7-/m0/s1. The van der Waals surface area contributed by atoms with Crippen LogP contribution in [0.4, 0.5) is 0 Å². The predicted octanol–water partition coefficient (Wildman–Crippen LogP) is 3.61. The van der Waals surface area contributed by atoms with Crippen molar-refractivity contribution < 1.29 is 0 Å². The number of allylic oxidation sites excluding steroid dienone is 4. The molecule has 56 valence electrons. The summed E-state index contributed by atoms with van der Waals surface area (Å²) in [6, 6.07) is 0. The highest BCUT2D eigenvalue weighted by Gasteiger charge is 2.09. The first kappa shape index (κ1) is 8.35. The van der Waals surface area contributed by atoms with Crippen molar-refractivity contribution in [3.8, 4) is 0 Å². The van der Waals surface area contributed by atoms with Crippen molar-refractivity contribution in [2.24, 2.45) is 0 Å². The molecule has 1 aliphatic rings. The van der Waals surface area contributed by atoms with Crippen molar-refractivity contribution in [1.29, 1.82) is 0 Å². The highest BCUT2D eigenvalue weighted by Crippen LogP contribution is 2.27. The molecule has 10 heavy (non-hydrogen) atoms. The molecule has 0 aliphatic heterocycles. The number of alkyl halides is 1. The van der Waals surface area contributed by atoms with Gasteiger partial charge in [0.1, 0.15) is 0 Å². The lowest BCUT2D eigenvalue weighted by Crippen LogP contribution is -1.99. The molecule has 0 aromatic carbocycles. The SMILES string of the molecule is CCC1=C[C@@H](Br)CC=C1Cl. The van der Waals surface area contributed by atoms with Crippen molar-refractivity contribution in [2.45, 2.75) is 24.6 Å². The molecule has 0 spiro atoms. The Kier molecular flexibility index (Phi) is 2.99. The van der Waals surface area contributed by atoms with E-state index in [4.69, 9.17) is 11.6 Å². The molecule has 0 saturated carbocycles. The second kappa shape index (κ2) is 3.59. The van der Waals surface area contributed by atoms with Crippen LogP contribution in [0.25, 0.3) is 0 Å². The first-order chi connectivity index (χ1) is 4.74. The Labute approximate surface area is 75.1 Å². The van der Waals surface area contributed by atoms with Crippen molar-refractivity contribution in [3.63, 3.8) is 0 Å². The van der Waals surface area contributed by atoms with Gasteiger partial charge in [-0.05, 0) is 18.4 Å². The van der Waals surface area contributed by atoms with E-state index in [1.807, 2.05) is 0 Å². The third kappa shape index (κ3) is 1.86. The molecule has 0 heterocycles. The Morgan fingerprint density at radius 2 is 2.50 bits per heavy atom. The van der Waals surface area contributed by atoms with Gasteiger partial charge in [-0.25, -0.2) is 0 Å². The lowest BCUT2D eigenvalue weighted by atomic mass is 10.1. The predicted molar refractivity (Wildman–Crippen MR) is 49.6 cm³/mol. The maximum absolute atomic E-state index is 5.92. The molecule has 0 nitrogen and oxygen atoms in total. The van der Waals surface area contributed by atoms with E-state index in [-0.39, 0.29) is 0 Å². The third-order valence-electron chi connectivity index (χ3n) is 1.59. The van der Waals surface area contributed by atoms with Gasteiger partial charge >= 0.3 is 0 Å². The third-order valence-corrected chi connectivity index (χ3v) is 2.63. The molecular formula is C8H10BrCl. The largest absolute Gasteiger partial charge is 0.0844 e. The summed E-state index contributed by atoms with van der Waals surface area (Å²) in [5.41, 5.74) is 1.26. The number of hydrogen-bond donors (Lipinski definition) is 0. The lowest BCUT2D eigenvalue weighted by Gasteiger charge is -2.12. The molecule has 0 fully saturated rings. The maximum Gasteiger partial charge on any atom is 0.0395 e. The van der Waals surface area contributed by atoms with E-state index in [0.717, 1.165) is 17.9 Å². The smallest absolute Gasteiger partial charge is 0.0395 e. The van der Waals surface area contributed by atoms with Crippen LogP contribution in [0.3, 0.4) is 0 Å². The highest BCUT2D eigenvalue weighted by atomic mass is 79.9. The van der Waals surface area contributed by atoms with E-state index < -0.39 is 0 Å². The molecule has 0 unspecified atom stereocenters. The van der Waals surface area contributed by atoms with Crippen molar-refractivity contribution in [1.82, 2.24) is 0 Å². The molecule has 0 aromatic heterocycles. The topological polar surface area (TPSA) is 0 Å². The minimum atomic E-state index is 0.491. The highest BCUT2D eigenvalue weighted by molar-refractivity contribution is 9.09. The van der Waals surface area contributed by atoms with Crippen LogP contribution in [-0.4, -0.2) is 4.83 Å². The summed E-state index contributed by atoms with van der Waals surface area (Å²) in [5.74, 6) is 0. The molecule has 1 rings (SSSR count). The van der Waals surface area contributed by atoms with Gasteiger partial charge in [0.2, 0.25) is 0 Å². The Morgan fingerprint density at radius 3 is 3.00 bits per heavy atom. The van der Waals surface area contributed by atoms with E-state index in [9.17, 15) is 0 Å². The van der Waals surface area contributed by atoms with Crippen LogP contribution in [0.1, 0.15) is 19.8 Å². The Morgan fingerprint density at radius 1 is 1.80 bits per heavy atom. The molecule has 0 radical (unpaired) electrons. The minimum Gasteiger partial charge on any atom is -0.0844 e. The summed E-state index contributed by atoms with van der Waals surface area (Å²) >= 11 is 9.44. The zero-order valence-corrected chi connectivity index (χ0v) is 8.24. The number of hydrogen-bond acceptors (Lipinski definition) is 0. The molecule has 0 aromatic rings. The molecule has 0 N–H and O–H groups in total. The maximum atomic E-state index is 5.92. The van der Waals surface area contributed by atoms with Crippen molar-refractivity contribution in [3.05, 3.63) is 22.8 Å². The van der Waals surface area contributed by atoms with Gasteiger partial charge in [0.05, 0.1) is 0 Å². The van der Waals surface area contributed by atoms with Crippen molar-refractivity contribution >= 4 is 27.5 Å². The normalized spacial score (nSPS) is 25.7. The van der Waals surface area contributed by atoms with Crippen LogP contribution in [0.15, 0.2) is 22.8 Å². The van der Waals surface area contributed by atoms with Gasteiger partial charge < -0.3 is 0 Å². The van der Waals surface area contributed by atoms with Gasteiger partial charge in [-0.3, -0.25) is 0 Å². The van der Waals surface area contributed by atoms with E-state index in [0.29, 0.717) is 4.83 Å². The summed E-state index contributed by atoms with van der Waals surface area (Å²) in [5, 5.41) is 0.929. The van der Waals surface area contributed by atoms with Crippen LogP contribution < -0.4 is 0 Å². The quantitative estimate of drug-likeness (QED) is 0.594. The first-order valence-electron chi connectivity index (χ1n) is 3.45. The zero-order chi connectivity index (χ0) is 7.56. The Balaban J connectivity index is 2.74. The summed E-state index contributed by atoms with van der Waals surface area (Å²) in [6.07, 6.45) is 6.29. The fourth-order valence-corrected chi connectivity index (χ4v) is 1.79. The summed E-state index contributed by atoms with van der Waals surface area (Å²) < 4.78 is 0. The van der Waals surface area contributed by atoms with Gasteiger partial charge in [0.25, 0.3) is 0 Å². The van der Waals surface area contributed by atoms with Crippen molar-refractivity contribution in [2.75, 3.05) is 0 Å². The number of rotatable bonds is 1. The molecule has 1 atom stereocenters. The van der Waals surface area contributed by atoms with E-state index in [1.54, 1.807) is 0 Å². The summed E-state index contributed by atoms with van der Waals surface area (Å²) in [7, 11) is 0. The molecular weight excluding hydrogens is 211 g/mol. The van der Waals surface area contributed by atoms with Gasteiger partial charge in [-0.2, -0.15) is 0 Å². The first-order valence-corrected chi connectivity index (χ1v) is 4.74. The van der Waals surface area contributed by atoms with Crippen LogP contribution in [0.2, 0.25) is 0 Å². The fraction of sp³-hybridized carbons (Fsp3) is 0.500. The summed E-state index contributed by atoms with van der Waals surface area (Å²) in [6.45, 7) is 2.12. The van der Waals surface area contributed by atoms with Gasteiger partial charge in [0, 0.05) is 9.86 Å².